The van der Waals surface area contributed by atoms with Gasteiger partial charge in [-0.25, -0.2) is 9.67 Å². The van der Waals surface area contributed by atoms with E-state index >= 15 is 0 Å². The lowest BCUT2D eigenvalue weighted by Crippen LogP contribution is -2.14. The Balaban J connectivity index is 1.51. The maximum atomic E-state index is 13.4. The van der Waals surface area contributed by atoms with Crippen LogP contribution in [0.4, 0.5) is 5.69 Å². The van der Waals surface area contributed by atoms with E-state index in [2.05, 4.69) is 22.5 Å². The molecule has 4 aromatic rings. The highest BCUT2D eigenvalue weighted by molar-refractivity contribution is 8.16. The molecule has 1 aliphatic heterocycles. The van der Waals surface area contributed by atoms with Crippen LogP contribution >= 0.6 is 23.5 Å². The minimum atomic E-state index is -0.186. The fourth-order valence-electron chi connectivity index (χ4n) is 3.78. The number of nitrogens with zero attached hydrogens (tertiary/aromatic N) is 3. The van der Waals surface area contributed by atoms with Crippen molar-refractivity contribution in [1.82, 2.24) is 14.8 Å². The third kappa shape index (κ3) is 4.17. The van der Waals surface area contributed by atoms with Crippen LogP contribution in [-0.2, 0) is 0 Å². The maximum absolute atomic E-state index is 13.4. The van der Waals surface area contributed by atoms with E-state index in [1.54, 1.807) is 18.5 Å². The monoisotopic (exact) mass is 464 g/mol. The summed E-state index contributed by atoms with van der Waals surface area (Å²) in [5.74, 6) is 2.79. The third-order valence-corrected chi connectivity index (χ3v) is 8.33. The predicted octanol–water partition coefficient (Wildman–Crippen LogP) is 6.39. The van der Waals surface area contributed by atoms with Crippen LogP contribution in [0.3, 0.4) is 0 Å². The molecule has 0 unspecified atom stereocenters. The average molecular weight is 465 g/mol. The standard InChI is InChI=1S/C24H24N4O2S2/c1-15(2)28-22-19(14-25-28)18(13-20(27-22)21-8-4-9-30-21)23(29)26-17-7-3-6-16(12-17)24-31-10-5-11-32-24/h3-4,6-9,12-15,24H,5,10-11H2,1-2H3,(H,26,29). The summed E-state index contributed by atoms with van der Waals surface area (Å²) >= 11 is 3.94. The van der Waals surface area contributed by atoms with Gasteiger partial charge in [0, 0.05) is 11.7 Å². The van der Waals surface area contributed by atoms with Crippen LogP contribution in [0.2, 0.25) is 0 Å². The fraction of sp³-hybridized carbons (Fsp3) is 0.292. The van der Waals surface area contributed by atoms with Crippen molar-refractivity contribution in [3.63, 3.8) is 0 Å². The third-order valence-electron chi connectivity index (χ3n) is 5.32. The molecule has 1 aromatic carbocycles. The van der Waals surface area contributed by atoms with Crippen molar-refractivity contribution in [2.75, 3.05) is 16.8 Å². The maximum Gasteiger partial charge on any atom is 0.256 e. The second-order valence-electron chi connectivity index (χ2n) is 7.96. The van der Waals surface area contributed by atoms with E-state index in [1.807, 2.05) is 66.3 Å². The van der Waals surface area contributed by atoms with Crippen molar-refractivity contribution in [2.45, 2.75) is 30.9 Å². The quantitative estimate of drug-likeness (QED) is 0.369. The first kappa shape index (κ1) is 21.2. The Labute approximate surface area is 195 Å². The van der Waals surface area contributed by atoms with E-state index in [0.717, 1.165) is 11.1 Å². The molecule has 0 aliphatic carbocycles. The fourth-order valence-corrected chi connectivity index (χ4v) is 6.65. The Kier molecular flexibility index (Phi) is 5.97. The van der Waals surface area contributed by atoms with Crippen LogP contribution in [-0.4, -0.2) is 32.2 Å². The summed E-state index contributed by atoms with van der Waals surface area (Å²) in [5.41, 5.74) is 3.84. The number of benzene rings is 1. The molecular weight excluding hydrogens is 440 g/mol. The largest absolute Gasteiger partial charge is 0.463 e. The molecule has 32 heavy (non-hydrogen) atoms. The minimum absolute atomic E-state index is 0.116. The number of carbonyl (C=O) groups is 1. The summed E-state index contributed by atoms with van der Waals surface area (Å²) in [6, 6.07) is 13.7. The van der Waals surface area contributed by atoms with Crippen LogP contribution in [0.25, 0.3) is 22.5 Å². The Morgan fingerprint density at radius 3 is 2.78 bits per heavy atom. The summed E-state index contributed by atoms with van der Waals surface area (Å²) in [4.78, 5) is 18.1. The molecule has 164 valence electrons. The summed E-state index contributed by atoms with van der Waals surface area (Å²) in [7, 11) is 0. The summed E-state index contributed by atoms with van der Waals surface area (Å²) in [5, 5.41) is 8.29. The molecule has 1 amide bonds. The first-order valence-electron chi connectivity index (χ1n) is 10.7. The highest BCUT2D eigenvalue weighted by atomic mass is 32.2. The van der Waals surface area contributed by atoms with Gasteiger partial charge in [-0.1, -0.05) is 12.1 Å². The van der Waals surface area contributed by atoms with Gasteiger partial charge < -0.3 is 9.73 Å². The predicted molar refractivity (Wildman–Crippen MR) is 132 cm³/mol. The summed E-state index contributed by atoms with van der Waals surface area (Å²) in [6.45, 7) is 4.08. The van der Waals surface area contributed by atoms with Gasteiger partial charge in [0.1, 0.15) is 5.69 Å². The van der Waals surface area contributed by atoms with Gasteiger partial charge in [-0.2, -0.15) is 5.10 Å². The van der Waals surface area contributed by atoms with Crippen LogP contribution in [0.1, 0.15) is 46.8 Å². The lowest BCUT2D eigenvalue weighted by atomic mass is 10.1. The molecule has 4 heterocycles. The van der Waals surface area contributed by atoms with Crippen molar-refractivity contribution in [3.05, 3.63) is 66.1 Å². The zero-order valence-corrected chi connectivity index (χ0v) is 19.6. The van der Waals surface area contributed by atoms with E-state index < -0.39 is 0 Å². The van der Waals surface area contributed by atoms with Gasteiger partial charge in [0.2, 0.25) is 0 Å². The Morgan fingerprint density at radius 2 is 2.03 bits per heavy atom. The highest BCUT2D eigenvalue weighted by Crippen LogP contribution is 2.44. The number of thioether (sulfide) groups is 2. The van der Waals surface area contributed by atoms with Gasteiger partial charge in [-0.05, 0) is 67.7 Å². The molecular formula is C24H24N4O2S2. The van der Waals surface area contributed by atoms with E-state index in [0.29, 0.717) is 27.2 Å². The zero-order chi connectivity index (χ0) is 22.1. The second kappa shape index (κ2) is 9.03. The average Bonchev–Trinajstić information content (AvgIpc) is 3.49. The second-order valence-corrected chi connectivity index (χ2v) is 10.7. The van der Waals surface area contributed by atoms with Gasteiger partial charge in [0.25, 0.3) is 5.91 Å². The number of anilines is 1. The molecule has 6 nitrogen and oxygen atoms in total. The van der Waals surface area contributed by atoms with Crippen LogP contribution in [0.5, 0.6) is 0 Å². The Hall–Kier alpha value is -2.71. The van der Waals surface area contributed by atoms with Gasteiger partial charge in [-0.3, -0.25) is 4.79 Å². The SMILES string of the molecule is CC(C)n1ncc2c(C(=O)Nc3cccc(C4SCCCS4)c3)cc(-c3ccco3)nc21. The van der Waals surface area contributed by atoms with Gasteiger partial charge in [0.15, 0.2) is 11.4 Å². The van der Waals surface area contributed by atoms with Crippen LogP contribution in [0, 0.1) is 0 Å². The van der Waals surface area contributed by atoms with Crippen molar-refractivity contribution in [2.24, 2.45) is 0 Å². The number of carbonyl (C=O) groups excluding carboxylic acids is 1. The summed E-state index contributed by atoms with van der Waals surface area (Å²) in [6.07, 6.45) is 4.57. The Morgan fingerprint density at radius 1 is 1.19 bits per heavy atom. The zero-order valence-electron chi connectivity index (χ0n) is 17.9. The molecule has 0 spiro atoms. The van der Waals surface area contributed by atoms with Gasteiger partial charge in [0.05, 0.1) is 28.0 Å². The summed E-state index contributed by atoms with van der Waals surface area (Å²) < 4.78 is 7.80. The topological polar surface area (TPSA) is 73.0 Å². The minimum Gasteiger partial charge on any atom is -0.463 e. The van der Waals surface area contributed by atoms with Crippen LogP contribution < -0.4 is 5.32 Å². The van der Waals surface area contributed by atoms with Crippen molar-refractivity contribution in [3.8, 4) is 11.5 Å². The smallest absolute Gasteiger partial charge is 0.256 e. The molecule has 3 aromatic heterocycles. The van der Waals surface area contributed by atoms with E-state index in [1.165, 1.54) is 23.5 Å². The first-order chi connectivity index (χ1) is 15.6. The molecule has 1 saturated heterocycles. The lowest BCUT2D eigenvalue weighted by molar-refractivity contribution is 0.102. The number of aromatic nitrogens is 3. The number of rotatable bonds is 5. The van der Waals surface area contributed by atoms with Crippen molar-refractivity contribution < 1.29 is 9.21 Å². The van der Waals surface area contributed by atoms with E-state index in [-0.39, 0.29) is 11.9 Å². The highest BCUT2D eigenvalue weighted by Gasteiger charge is 2.21. The Bertz CT molecular complexity index is 1240. The molecule has 0 bridgehead atoms. The number of pyridine rings is 1. The number of nitrogens with one attached hydrogen (secondary N) is 1. The number of furan rings is 1. The molecule has 0 atom stereocenters. The molecule has 1 fully saturated rings. The molecule has 1 N–H and O–H groups in total. The van der Waals surface area contributed by atoms with Crippen molar-refractivity contribution in [1.29, 1.82) is 0 Å². The molecule has 8 heteroatoms. The number of fused-ring (bicyclic) bond motifs is 1. The van der Waals surface area contributed by atoms with Crippen molar-refractivity contribution >= 4 is 46.2 Å². The molecule has 5 rings (SSSR count). The number of hydrogen-bond acceptors (Lipinski definition) is 6. The van der Waals surface area contributed by atoms with E-state index in [9.17, 15) is 4.79 Å². The van der Waals surface area contributed by atoms with E-state index in [4.69, 9.17) is 9.40 Å². The first-order valence-corrected chi connectivity index (χ1v) is 12.8. The molecule has 1 aliphatic rings. The van der Waals surface area contributed by atoms with Gasteiger partial charge >= 0.3 is 0 Å². The number of amides is 1. The normalized spacial score (nSPS) is 14.8. The lowest BCUT2D eigenvalue weighted by Gasteiger charge is -2.21. The number of hydrogen-bond donors (Lipinski definition) is 1. The van der Waals surface area contributed by atoms with Crippen LogP contribution in [0.15, 0.2) is 59.3 Å². The van der Waals surface area contributed by atoms with Gasteiger partial charge in [-0.15, -0.1) is 23.5 Å². The molecule has 0 saturated carbocycles. The molecule has 0 radical (unpaired) electrons.